The summed E-state index contributed by atoms with van der Waals surface area (Å²) in [7, 11) is 1.63. The first-order chi connectivity index (χ1) is 14.4. The van der Waals surface area contributed by atoms with Gasteiger partial charge in [-0.2, -0.15) is 0 Å². The SMILES string of the molecule is CCOC(=O)c1ccc(NC(=O)[C@H]2CC(=O)N(C)C(=Nc3cccc(Cl)c3)S2)cc1. The molecule has 156 valence electrons. The van der Waals surface area contributed by atoms with E-state index in [1.54, 1.807) is 62.5 Å². The van der Waals surface area contributed by atoms with E-state index in [-0.39, 0.29) is 24.8 Å². The Morgan fingerprint density at radius 2 is 2.00 bits per heavy atom. The van der Waals surface area contributed by atoms with E-state index in [1.165, 1.54) is 16.7 Å². The second-order valence-corrected chi connectivity index (χ2v) is 8.03. The monoisotopic (exact) mass is 445 g/mol. The quantitative estimate of drug-likeness (QED) is 0.700. The number of carbonyl (C=O) groups excluding carboxylic acids is 3. The first kappa shape index (κ1) is 21.9. The molecule has 2 amide bonds. The average Bonchev–Trinajstić information content (AvgIpc) is 2.72. The standard InChI is InChI=1S/C21H20ClN3O4S/c1-3-29-20(28)13-7-9-15(10-8-13)23-19(27)17-12-18(26)25(2)21(30-17)24-16-6-4-5-14(22)11-16/h4-11,17H,3,12H2,1-2H3,(H,23,27)/t17-/m1/s1. The summed E-state index contributed by atoms with van der Waals surface area (Å²) in [5.74, 6) is -0.940. The van der Waals surface area contributed by atoms with Crippen molar-refractivity contribution in [1.29, 1.82) is 0 Å². The Kier molecular flexibility index (Phi) is 7.12. The lowest BCUT2D eigenvalue weighted by molar-refractivity contribution is -0.128. The molecule has 0 bridgehead atoms. The molecule has 1 aliphatic heterocycles. The van der Waals surface area contributed by atoms with Gasteiger partial charge in [-0.1, -0.05) is 29.4 Å². The first-order valence-corrected chi connectivity index (χ1v) is 10.5. The molecule has 9 heteroatoms. The summed E-state index contributed by atoms with van der Waals surface area (Å²) in [4.78, 5) is 42.7. The number of ether oxygens (including phenoxy) is 1. The topological polar surface area (TPSA) is 88.1 Å². The summed E-state index contributed by atoms with van der Waals surface area (Å²) in [5.41, 5.74) is 1.52. The fourth-order valence-corrected chi connectivity index (χ4v) is 3.93. The first-order valence-electron chi connectivity index (χ1n) is 9.23. The van der Waals surface area contributed by atoms with Crippen LogP contribution in [0.25, 0.3) is 0 Å². The maximum atomic E-state index is 12.7. The highest BCUT2D eigenvalue weighted by Crippen LogP contribution is 2.29. The summed E-state index contributed by atoms with van der Waals surface area (Å²) in [6.07, 6.45) is 0.0580. The molecule has 1 fully saturated rings. The smallest absolute Gasteiger partial charge is 0.338 e. The zero-order valence-electron chi connectivity index (χ0n) is 16.4. The zero-order valence-corrected chi connectivity index (χ0v) is 18.0. The van der Waals surface area contributed by atoms with Crippen molar-refractivity contribution >= 4 is 57.7 Å². The van der Waals surface area contributed by atoms with E-state index >= 15 is 0 Å². The molecule has 0 saturated carbocycles. The molecule has 2 aromatic carbocycles. The fourth-order valence-electron chi connectivity index (χ4n) is 2.68. The Bertz CT molecular complexity index is 994. The molecule has 1 N–H and O–H groups in total. The van der Waals surface area contributed by atoms with Gasteiger partial charge in [-0.15, -0.1) is 0 Å². The molecular formula is C21H20ClN3O4S. The van der Waals surface area contributed by atoms with E-state index < -0.39 is 11.2 Å². The number of carbonyl (C=O) groups is 3. The number of nitrogens with zero attached hydrogens (tertiary/aromatic N) is 2. The molecule has 2 aromatic rings. The number of hydrogen-bond donors (Lipinski definition) is 1. The van der Waals surface area contributed by atoms with Gasteiger partial charge in [0, 0.05) is 24.2 Å². The van der Waals surface area contributed by atoms with Crippen LogP contribution in [0.4, 0.5) is 11.4 Å². The molecule has 1 saturated heterocycles. The van der Waals surface area contributed by atoms with Gasteiger partial charge in [-0.25, -0.2) is 9.79 Å². The number of rotatable bonds is 5. The highest BCUT2D eigenvalue weighted by molar-refractivity contribution is 8.15. The van der Waals surface area contributed by atoms with Gasteiger partial charge >= 0.3 is 5.97 Å². The van der Waals surface area contributed by atoms with Gasteiger partial charge in [0.25, 0.3) is 0 Å². The highest BCUT2D eigenvalue weighted by Gasteiger charge is 2.34. The Morgan fingerprint density at radius 3 is 2.67 bits per heavy atom. The van der Waals surface area contributed by atoms with Crippen molar-refractivity contribution in [1.82, 2.24) is 4.90 Å². The number of esters is 1. The van der Waals surface area contributed by atoms with Crippen molar-refractivity contribution in [3.63, 3.8) is 0 Å². The van der Waals surface area contributed by atoms with Crippen molar-refractivity contribution in [2.24, 2.45) is 4.99 Å². The number of amides is 2. The molecule has 7 nitrogen and oxygen atoms in total. The molecule has 1 aliphatic rings. The Balaban J connectivity index is 1.71. The maximum absolute atomic E-state index is 12.7. The van der Waals surface area contributed by atoms with Crippen LogP contribution in [0.15, 0.2) is 53.5 Å². The number of nitrogens with one attached hydrogen (secondary N) is 1. The minimum atomic E-state index is -0.628. The minimum absolute atomic E-state index is 0.0580. The van der Waals surface area contributed by atoms with E-state index in [1.807, 2.05) is 0 Å². The van der Waals surface area contributed by atoms with Crippen LogP contribution in [0.5, 0.6) is 0 Å². The third kappa shape index (κ3) is 5.40. The van der Waals surface area contributed by atoms with Crippen LogP contribution in [-0.2, 0) is 14.3 Å². The second kappa shape index (κ2) is 9.77. The van der Waals surface area contributed by atoms with Crippen molar-refractivity contribution in [2.45, 2.75) is 18.6 Å². The molecule has 1 heterocycles. The Hall–Kier alpha value is -2.84. The average molecular weight is 446 g/mol. The summed E-state index contributed by atoms with van der Waals surface area (Å²) < 4.78 is 4.94. The third-order valence-electron chi connectivity index (χ3n) is 4.26. The number of hydrogen-bond acceptors (Lipinski definition) is 6. The van der Waals surface area contributed by atoms with E-state index in [2.05, 4.69) is 10.3 Å². The molecule has 0 radical (unpaired) electrons. The third-order valence-corrected chi connectivity index (χ3v) is 5.73. The van der Waals surface area contributed by atoms with Gasteiger partial charge in [0.05, 0.1) is 17.9 Å². The van der Waals surface area contributed by atoms with Gasteiger partial charge in [0.15, 0.2) is 5.17 Å². The minimum Gasteiger partial charge on any atom is -0.462 e. The molecule has 1 atom stereocenters. The number of aliphatic imine (C=N–C) groups is 1. The van der Waals surface area contributed by atoms with E-state index in [0.717, 1.165) is 0 Å². The lowest BCUT2D eigenvalue weighted by Crippen LogP contribution is -2.43. The van der Waals surface area contributed by atoms with Crippen molar-refractivity contribution < 1.29 is 19.1 Å². The summed E-state index contributed by atoms with van der Waals surface area (Å²) in [6.45, 7) is 2.02. The van der Waals surface area contributed by atoms with E-state index in [0.29, 0.717) is 27.1 Å². The summed E-state index contributed by atoms with van der Waals surface area (Å²) >= 11 is 7.21. The number of anilines is 1. The van der Waals surface area contributed by atoms with Crippen LogP contribution in [0.2, 0.25) is 5.02 Å². The number of halogens is 1. The molecule has 3 rings (SSSR count). The normalized spacial score (nSPS) is 17.7. The molecule has 30 heavy (non-hydrogen) atoms. The van der Waals surface area contributed by atoms with Gasteiger partial charge in [-0.3, -0.25) is 14.5 Å². The lowest BCUT2D eigenvalue weighted by atomic mass is 10.2. The number of amidine groups is 1. The van der Waals surface area contributed by atoms with Crippen LogP contribution in [-0.4, -0.2) is 46.8 Å². The highest BCUT2D eigenvalue weighted by atomic mass is 35.5. The molecule has 0 aliphatic carbocycles. The van der Waals surface area contributed by atoms with Crippen LogP contribution < -0.4 is 5.32 Å². The van der Waals surface area contributed by atoms with Crippen LogP contribution in [0.3, 0.4) is 0 Å². The lowest BCUT2D eigenvalue weighted by Gasteiger charge is -2.28. The van der Waals surface area contributed by atoms with Gasteiger partial charge < -0.3 is 10.1 Å². The van der Waals surface area contributed by atoms with Crippen LogP contribution >= 0.6 is 23.4 Å². The summed E-state index contributed by atoms with van der Waals surface area (Å²) in [5, 5.41) is 3.11. The van der Waals surface area contributed by atoms with Crippen molar-refractivity contribution in [3.8, 4) is 0 Å². The van der Waals surface area contributed by atoms with E-state index in [4.69, 9.17) is 16.3 Å². The summed E-state index contributed by atoms with van der Waals surface area (Å²) in [6, 6.07) is 13.3. The predicted molar refractivity (Wildman–Crippen MR) is 118 cm³/mol. The Labute approximate surface area is 183 Å². The largest absolute Gasteiger partial charge is 0.462 e. The van der Waals surface area contributed by atoms with Gasteiger partial charge in [0.1, 0.15) is 5.25 Å². The molecular weight excluding hydrogens is 426 g/mol. The second-order valence-electron chi connectivity index (χ2n) is 6.42. The van der Waals surface area contributed by atoms with E-state index in [9.17, 15) is 14.4 Å². The number of benzene rings is 2. The fraction of sp³-hybridized carbons (Fsp3) is 0.238. The molecule has 0 spiro atoms. The van der Waals surface area contributed by atoms with Crippen molar-refractivity contribution in [3.05, 3.63) is 59.1 Å². The zero-order chi connectivity index (χ0) is 21.7. The van der Waals surface area contributed by atoms with Crippen LogP contribution in [0.1, 0.15) is 23.7 Å². The predicted octanol–water partition coefficient (Wildman–Crippen LogP) is 4.11. The van der Waals surface area contributed by atoms with Gasteiger partial charge in [-0.05, 0) is 49.4 Å². The van der Waals surface area contributed by atoms with Gasteiger partial charge in [0.2, 0.25) is 11.8 Å². The molecule has 0 unspecified atom stereocenters. The Morgan fingerprint density at radius 1 is 1.27 bits per heavy atom. The number of thioether (sulfide) groups is 1. The van der Waals surface area contributed by atoms with Crippen molar-refractivity contribution in [2.75, 3.05) is 19.0 Å². The molecule has 0 aromatic heterocycles. The van der Waals surface area contributed by atoms with Crippen LogP contribution in [0, 0.1) is 0 Å². The maximum Gasteiger partial charge on any atom is 0.338 e.